The van der Waals surface area contributed by atoms with Gasteiger partial charge < -0.3 is 19.4 Å². The van der Waals surface area contributed by atoms with Crippen LogP contribution in [0, 0.1) is 0 Å². The number of alkyl halides is 3. The number of hydrogen-bond donors (Lipinski definition) is 0. The monoisotopic (exact) mass is 436 g/mol. The number of carbonyl (C=O) groups is 1. The Hall–Kier alpha value is -1.55. The number of morpholine rings is 1. The minimum atomic E-state index is -4.48. The maximum atomic E-state index is 13.4. The lowest BCUT2D eigenvalue weighted by atomic mass is 10.2. The smallest absolute Gasteiger partial charge is 0.378 e. The van der Waals surface area contributed by atoms with Crippen LogP contribution < -0.4 is 4.90 Å². The van der Waals surface area contributed by atoms with Crippen molar-refractivity contribution in [3.63, 3.8) is 0 Å². The summed E-state index contributed by atoms with van der Waals surface area (Å²) in [5.41, 5.74) is -0.764. The van der Waals surface area contributed by atoms with Crippen molar-refractivity contribution in [2.75, 3.05) is 57.4 Å². The van der Waals surface area contributed by atoms with E-state index in [0.29, 0.717) is 58.9 Å². The van der Waals surface area contributed by atoms with Gasteiger partial charge in [0.05, 0.1) is 18.8 Å². The van der Waals surface area contributed by atoms with Gasteiger partial charge in [-0.2, -0.15) is 13.2 Å². The molecule has 0 atom stereocenters. The summed E-state index contributed by atoms with van der Waals surface area (Å²) in [5, 5.41) is 0. The Kier molecular flexibility index (Phi) is 5.91. The van der Waals surface area contributed by atoms with Crippen LogP contribution in [0.3, 0.4) is 0 Å². The molecule has 0 bridgehead atoms. The molecule has 2 amide bonds. The Balaban J connectivity index is 1.72. The maximum absolute atomic E-state index is 13.4. The molecular weight excluding hydrogens is 417 g/mol. The number of aromatic nitrogens is 1. The van der Waals surface area contributed by atoms with E-state index in [2.05, 4.69) is 20.9 Å². The van der Waals surface area contributed by atoms with Crippen molar-refractivity contribution in [1.29, 1.82) is 0 Å². The average molecular weight is 437 g/mol. The normalized spacial score (nSPS) is 19.5. The average Bonchev–Trinajstić information content (AvgIpc) is 2.87. The Morgan fingerprint density at radius 3 is 2.46 bits per heavy atom. The molecule has 1 aromatic rings. The van der Waals surface area contributed by atoms with Gasteiger partial charge in [-0.15, -0.1) is 0 Å². The Morgan fingerprint density at radius 2 is 1.77 bits per heavy atom. The second-order valence-electron chi connectivity index (χ2n) is 6.23. The first-order chi connectivity index (χ1) is 12.4. The molecule has 10 heteroatoms. The summed E-state index contributed by atoms with van der Waals surface area (Å²) in [4.78, 5) is 21.6. The third kappa shape index (κ3) is 4.40. The highest BCUT2D eigenvalue weighted by molar-refractivity contribution is 9.10. The van der Waals surface area contributed by atoms with Gasteiger partial charge in [0.1, 0.15) is 5.82 Å². The van der Waals surface area contributed by atoms with Crippen molar-refractivity contribution in [3.05, 3.63) is 22.3 Å². The molecule has 2 aliphatic heterocycles. The molecule has 26 heavy (non-hydrogen) atoms. The first-order valence-corrected chi connectivity index (χ1v) is 9.25. The molecule has 3 rings (SSSR count). The molecule has 0 radical (unpaired) electrons. The van der Waals surface area contributed by atoms with Crippen LogP contribution in [-0.4, -0.2) is 73.3 Å². The summed E-state index contributed by atoms with van der Waals surface area (Å²) in [6, 6.07) is 0.971. The largest absolute Gasteiger partial charge is 0.419 e. The van der Waals surface area contributed by atoms with E-state index in [1.807, 2.05) is 0 Å². The summed E-state index contributed by atoms with van der Waals surface area (Å²) < 4.78 is 45.6. The zero-order valence-electron chi connectivity index (χ0n) is 14.1. The van der Waals surface area contributed by atoms with E-state index in [-0.39, 0.29) is 16.3 Å². The van der Waals surface area contributed by atoms with Gasteiger partial charge in [-0.05, 0) is 28.4 Å². The summed E-state index contributed by atoms with van der Waals surface area (Å²) >= 11 is 3.05. The first kappa shape index (κ1) is 19.2. The van der Waals surface area contributed by atoms with E-state index in [1.54, 1.807) is 14.7 Å². The topological polar surface area (TPSA) is 48.9 Å². The highest BCUT2D eigenvalue weighted by atomic mass is 79.9. The van der Waals surface area contributed by atoms with Gasteiger partial charge in [-0.1, -0.05) is 0 Å². The lowest BCUT2D eigenvalue weighted by Crippen LogP contribution is -2.49. The molecule has 3 heterocycles. The molecule has 2 fully saturated rings. The highest BCUT2D eigenvalue weighted by Crippen LogP contribution is 2.37. The van der Waals surface area contributed by atoms with E-state index >= 15 is 0 Å². The van der Waals surface area contributed by atoms with E-state index < -0.39 is 11.7 Å². The van der Waals surface area contributed by atoms with Gasteiger partial charge in [0.25, 0.3) is 0 Å². The van der Waals surface area contributed by atoms with Crippen LogP contribution >= 0.6 is 15.9 Å². The van der Waals surface area contributed by atoms with Gasteiger partial charge >= 0.3 is 12.2 Å². The number of pyridine rings is 1. The first-order valence-electron chi connectivity index (χ1n) is 8.45. The van der Waals surface area contributed by atoms with Crippen molar-refractivity contribution in [2.45, 2.75) is 12.6 Å². The lowest BCUT2D eigenvalue weighted by molar-refractivity contribution is -0.137. The summed E-state index contributed by atoms with van der Waals surface area (Å²) in [5.74, 6) is -0.0821. The maximum Gasteiger partial charge on any atom is 0.419 e. The molecule has 0 spiro atoms. The summed E-state index contributed by atoms with van der Waals surface area (Å²) in [6.07, 6.45) is -2.53. The Labute approximate surface area is 158 Å². The summed E-state index contributed by atoms with van der Waals surface area (Å²) in [6.45, 7) is 3.75. The second-order valence-corrected chi connectivity index (χ2v) is 7.15. The van der Waals surface area contributed by atoms with Crippen LogP contribution in [0.1, 0.15) is 12.0 Å². The van der Waals surface area contributed by atoms with Crippen molar-refractivity contribution in [1.82, 2.24) is 14.8 Å². The fraction of sp³-hybridized carbons (Fsp3) is 0.625. The van der Waals surface area contributed by atoms with Gasteiger partial charge in [0.2, 0.25) is 0 Å². The van der Waals surface area contributed by atoms with Crippen LogP contribution in [0.2, 0.25) is 0 Å². The number of amides is 2. The van der Waals surface area contributed by atoms with Crippen molar-refractivity contribution in [2.24, 2.45) is 0 Å². The molecule has 0 aliphatic carbocycles. The minimum absolute atomic E-state index is 0.0741. The number of ether oxygens (including phenoxy) is 1. The SMILES string of the molecule is O=C(N1CCOCC1)N1CCCN(c2ncc(Br)cc2C(F)(F)F)CC1. The fourth-order valence-electron chi connectivity index (χ4n) is 3.17. The zero-order valence-corrected chi connectivity index (χ0v) is 15.7. The Bertz CT molecular complexity index is 653. The molecule has 2 saturated heterocycles. The van der Waals surface area contributed by atoms with Crippen LogP contribution in [0.4, 0.5) is 23.8 Å². The predicted molar refractivity (Wildman–Crippen MR) is 93.1 cm³/mol. The molecule has 144 valence electrons. The van der Waals surface area contributed by atoms with E-state index in [0.717, 1.165) is 6.07 Å². The third-order valence-corrected chi connectivity index (χ3v) is 4.92. The highest BCUT2D eigenvalue weighted by Gasteiger charge is 2.37. The second kappa shape index (κ2) is 7.99. The van der Waals surface area contributed by atoms with Crippen molar-refractivity contribution >= 4 is 27.8 Å². The molecule has 0 unspecified atom stereocenters. The molecular formula is C16H20BrF3N4O2. The fourth-order valence-corrected chi connectivity index (χ4v) is 3.50. The molecule has 2 aliphatic rings. The number of halogens is 4. The predicted octanol–water partition coefficient (Wildman–Crippen LogP) is 2.83. The standard InChI is InChI=1S/C16H20BrF3N4O2/c17-12-10-13(16(18,19)20)14(21-11-12)22-2-1-3-23(5-4-22)15(25)24-6-8-26-9-7-24/h10-11H,1-9H2. The van der Waals surface area contributed by atoms with Crippen LogP contribution in [0.25, 0.3) is 0 Å². The number of hydrogen-bond acceptors (Lipinski definition) is 4. The number of nitrogens with zero attached hydrogens (tertiary/aromatic N) is 4. The van der Waals surface area contributed by atoms with Gasteiger partial charge in [-0.25, -0.2) is 9.78 Å². The lowest BCUT2D eigenvalue weighted by Gasteiger charge is -2.32. The molecule has 1 aromatic heterocycles. The van der Waals surface area contributed by atoms with Gasteiger partial charge in [0, 0.05) is 49.9 Å². The van der Waals surface area contributed by atoms with Crippen LogP contribution in [-0.2, 0) is 10.9 Å². The molecule has 0 aromatic carbocycles. The van der Waals surface area contributed by atoms with Gasteiger partial charge in [0.15, 0.2) is 0 Å². The van der Waals surface area contributed by atoms with E-state index in [1.165, 1.54) is 6.20 Å². The molecule has 0 N–H and O–H groups in total. The number of anilines is 1. The van der Waals surface area contributed by atoms with Gasteiger partial charge in [-0.3, -0.25) is 0 Å². The minimum Gasteiger partial charge on any atom is -0.378 e. The molecule has 0 saturated carbocycles. The van der Waals surface area contributed by atoms with Crippen molar-refractivity contribution < 1.29 is 22.7 Å². The number of urea groups is 1. The molecule has 6 nitrogen and oxygen atoms in total. The van der Waals surface area contributed by atoms with E-state index in [4.69, 9.17) is 4.74 Å². The third-order valence-electron chi connectivity index (χ3n) is 4.49. The van der Waals surface area contributed by atoms with Crippen LogP contribution in [0.15, 0.2) is 16.7 Å². The summed E-state index contributed by atoms with van der Waals surface area (Å²) in [7, 11) is 0. The Morgan fingerprint density at radius 1 is 1.08 bits per heavy atom. The van der Waals surface area contributed by atoms with Crippen molar-refractivity contribution in [3.8, 4) is 0 Å². The number of rotatable bonds is 1. The van der Waals surface area contributed by atoms with Crippen LogP contribution in [0.5, 0.6) is 0 Å². The van der Waals surface area contributed by atoms with E-state index in [9.17, 15) is 18.0 Å². The zero-order chi connectivity index (χ0) is 18.7. The number of carbonyl (C=O) groups excluding carboxylic acids is 1. The quantitative estimate of drug-likeness (QED) is 0.678.